The van der Waals surface area contributed by atoms with Crippen LogP contribution in [0.25, 0.3) is 0 Å². The minimum Gasteiger partial charge on any atom is -0.382 e. The normalized spacial score (nSPS) is 13.9. The van der Waals surface area contributed by atoms with Crippen LogP contribution in [0.1, 0.15) is 11.7 Å². The van der Waals surface area contributed by atoms with Crippen LogP contribution in [0.4, 0.5) is 8.78 Å². The lowest BCUT2D eigenvalue weighted by molar-refractivity contribution is -0.104. The van der Waals surface area contributed by atoms with Gasteiger partial charge < -0.3 is 5.11 Å². The lowest BCUT2D eigenvalue weighted by Gasteiger charge is -2.22. The molecule has 0 saturated carbocycles. The lowest BCUT2D eigenvalue weighted by Crippen LogP contribution is -2.35. The van der Waals surface area contributed by atoms with E-state index in [9.17, 15) is 13.9 Å². The summed E-state index contributed by atoms with van der Waals surface area (Å²) < 4.78 is 28.5. The molecule has 0 aliphatic heterocycles. The molecule has 0 saturated heterocycles. The van der Waals surface area contributed by atoms with E-state index in [4.69, 9.17) is 11.6 Å². The Bertz CT molecular complexity index is 338. The van der Waals surface area contributed by atoms with E-state index in [1.54, 1.807) is 6.07 Å². The van der Waals surface area contributed by atoms with Crippen LogP contribution in [0.2, 0.25) is 5.02 Å². The molecule has 1 unspecified atom stereocenters. The first-order chi connectivity index (χ1) is 6.97. The van der Waals surface area contributed by atoms with Crippen molar-refractivity contribution in [2.45, 2.75) is 12.0 Å². The van der Waals surface area contributed by atoms with E-state index in [0.717, 1.165) is 0 Å². The molecule has 15 heavy (non-hydrogen) atoms. The second kappa shape index (κ2) is 5.12. The number of aliphatic hydroxyl groups is 1. The number of benzene rings is 1. The van der Waals surface area contributed by atoms with Gasteiger partial charge in [0.05, 0.1) is 6.54 Å². The number of halogens is 3. The molecule has 1 rings (SSSR count). The average Bonchev–Trinajstić information content (AvgIpc) is 2.16. The standard InChI is InChI=1S/C9H10ClF2NOS/c10-7-3-1-2-6(4-7)8(14)9(11,12)5-13-15/h1-4,8,13-15H,5H2. The van der Waals surface area contributed by atoms with Crippen LogP contribution in [0.3, 0.4) is 0 Å². The van der Waals surface area contributed by atoms with E-state index in [-0.39, 0.29) is 5.56 Å². The topological polar surface area (TPSA) is 32.3 Å². The summed E-state index contributed by atoms with van der Waals surface area (Å²) >= 11 is 9.10. The number of thiol groups is 1. The predicted molar refractivity (Wildman–Crippen MR) is 58.3 cm³/mol. The van der Waals surface area contributed by atoms with Crippen molar-refractivity contribution in [3.63, 3.8) is 0 Å². The number of rotatable bonds is 4. The molecule has 0 amide bonds. The van der Waals surface area contributed by atoms with Gasteiger partial charge in [-0.3, -0.25) is 4.72 Å². The van der Waals surface area contributed by atoms with Gasteiger partial charge in [-0.2, -0.15) is 0 Å². The third kappa shape index (κ3) is 3.31. The molecule has 2 nitrogen and oxygen atoms in total. The first kappa shape index (κ1) is 12.7. The molecule has 0 fully saturated rings. The summed E-state index contributed by atoms with van der Waals surface area (Å²) in [6.07, 6.45) is -1.89. The molecular formula is C9H10ClF2NOS. The van der Waals surface area contributed by atoms with E-state index < -0.39 is 18.6 Å². The average molecular weight is 254 g/mol. The molecule has 1 atom stereocenters. The highest BCUT2D eigenvalue weighted by molar-refractivity contribution is 7.78. The fourth-order valence-corrected chi connectivity index (χ4v) is 1.53. The summed E-state index contributed by atoms with van der Waals surface area (Å²) in [7, 11) is 0. The fourth-order valence-electron chi connectivity index (χ4n) is 1.12. The van der Waals surface area contributed by atoms with Crippen molar-refractivity contribution in [2.24, 2.45) is 0 Å². The maximum Gasteiger partial charge on any atom is 0.290 e. The summed E-state index contributed by atoms with van der Waals surface area (Å²) in [4.78, 5) is 0. The summed E-state index contributed by atoms with van der Waals surface area (Å²) in [6.45, 7) is -0.718. The molecular weight excluding hydrogens is 244 g/mol. The number of nitrogens with one attached hydrogen (secondary N) is 1. The Kier molecular flexibility index (Phi) is 4.33. The summed E-state index contributed by atoms with van der Waals surface area (Å²) in [6, 6.07) is 5.75. The number of aliphatic hydroxyl groups excluding tert-OH is 1. The van der Waals surface area contributed by atoms with Crippen molar-refractivity contribution in [3.8, 4) is 0 Å². The quantitative estimate of drug-likeness (QED) is 0.721. The largest absolute Gasteiger partial charge is 0.382 e. The van der Waals surface area contributed by atoms with Crippen LogP contribution >= 0.6 is 24.4 Å². The molecule has 6 heteroatoms. The third-order valence-corrected chi connectivity index (χ3v) is 2.27. The first-order valence-corrected chi connectivity index (χ1v) is 4.98. The van der Waals surface area contributed by atoms with Gasteiger partial charge in [-0.25, -0.2) is 8.78 Å². The minimum atomic E-state index is -3.29. The Morgan fingerprint density at radius 3 is 2.73 bits per heavy atom. The van der Waals surface area contributed by atoms with Crippen molar-refractivity contribution in [1.29, 1.82) is 0 Å². The predicted octanol–water partition coefficient (Wildman–Crippen LogP) is 2.44. The Morgan fingerprint density at radius 1 is 1.53 bits per heavy atom. The molecule has 2 N–H and O–H groups in total. The maximum absolute atomic E-state index is 13.2. The van der Waals surface area contributed by atoms with Gasteiger partial charge in [0.2, 0.25) is 0 Å². The molecule has 84 valence electrons. The first-order valence-electron chi connectivity index (χ1n) is 4.15. The molecule has 0 heterocycles. The van der Waals surface area contributed by atoms with Gasteiger partial charge >= 0.3 is 0 Å². The smallest absolute Gasteiger partial charge is 0.290 e. The van der Waals surface area contributed by atoms with E-state index in [1.165, 1.54) is 18.2 Å². The number of hydrogen-bond acceptors (Lipinski definition) is 3. The highest BCUT2D eigenvalue weighted by Gasteiger charge is 2.38. The molecule has 0 spiro atoms. The third-order valence-electron chi connectivity index (χ3n) is 1.88. The summed E-state index contributed by atoms with van der Waals surface area (Å²) in [5.74, 6) is -3.29. The van der Waals surface area contributed by atoms with Crippen molar-refractivity contribution < 1.29 is 13.9 Å². The van der Waals surface area contributed by atoms with Gasteiger partial charge in [0.25, 0.3) is 5.92 Å². The monoisotopic (exact) mass is 253 g/mol. The maximum atomic E-state index is 13.2. The van der Waals surface area contributed by atoms with Crippen LogP contribution in [0, 0.1) is 0 Å². The Hall–Kier alpha value is -0.360. The van der Waals surface area contributed by atoms with Crippen molar-refractivity contribution in [2.75, 3.05) is 6.54 Å². The highest BCUT2D eigenvalue weighted by atomic mass is 35.5. The van der Waals surface area contributed by atoms with Gasteiger partial charge in [-0.1, -0.05) is 36.5 Å². The minimum absolute atomic E-state index is 0.0797. The zero-order valence-corrected chi connectivity index (χ0v) is 9.27. The molecule has 0 radical (unpaired) electrons. The van der Waals surface area contributed by atoms with Gasteiger partial charge in [0, 0.05) is 5.02 Å². The van der Waals surface area contributed by atoms with Gasteiger partial charge in [-0.05, 0) is 17.7 Å². The van der Waals surface area contributed by atoms with Crippen LogP contribution in [0.15, 0.2) is 24.3 Å². The van der Waals surface area contributed by atoms with E-state index >= 15 is 0 Å². The number of hydrogen-bond donors (Lipinski definition) is 3. The van der Waals surface area contributed by atoms with Crippen LogP contribution < -0.4 is 4.72 Å². The second-order valence-corrected chi connectivity index (χ2v) is 3.81. The Labute approximate surface area is 96.8 Å². The Morgan fingerprint density at radius 2 is 2.20 bits per heavy atom. The van der Waals surface area contributed by atoms with Crippen LogP contribution in [-0.4, -0.2) is 17.6 Å². The van der Waals surface area contributed by atoms with Crippen molar-refractivity contribution in [1.82, 2.24) is 4.72 Å². The van der Waals surface area contributed by atoms with E-state index in [0.29, 0.717) is 5.02 Å². The Balaban J connectivity index is 2.88. The van der Waals surface area contributed by atoms with Crippen LogP contribution in [-0.2, 0) is 0 Å². The van der Waals surface area contributed by atoms with Gasteiger partial charge in [0.1, 0.15) is 6.10 Å². The van der Waals surface area contributed by atoms with Gasteiger partial charge in [-0.15, -0.1) is 0 Å². The molecule has 0 aromatic heterocycles. The molecule has 0 aliphatic rings. The molecule has 0 aliphatic carbocycles. The molecule has 1 aromatic rings. The number of alkyl halides is 2. The fraction of sp³-hybridized carbons (Fsp3) is 0.333. The lowest BCUT2D eigenvalue weighted by atomic mass is 10.0. The van der Waals surface area contributed by atoms with E-state index in [2.05, 4.69) is 12.8 Å². The van der Waals surface area contributed by atoms with Crippen molar-refractivity contribution in [3.05, 3.63) is 34.9 Å². The molecule has 1 aromatic carbocycles. The second-order valence-electron chi connectivity index (χ2n) is 3.05. The summed E-state index contributed by atoms with van der Waals surface area (Å²) in [5.41, 5.74) is 0.0797. The SMILES string of the molecule is OC(c1cccc(Cl)c1)C(F)(F)CNS. The van der Waals surface area contributed by atoms with E-state index in [1.807, 2.05) is 4.72 Å². The zero-order valence-electron chi connectivity index (χ0n) is 7.62. The van der Waals surface area contributed by atoms with Gasteiger partial charge in [0.15, 0.2) is 0 Å². The zero-order chi connectivity index (χ0) is 11.5. The molecule has 0 bridgehead atoms. The summed E-state index contributed by atoms with van der Waals surface area (Å²) in [5, 5.41) is 9.73. The van der Waals surface area contributed by atoms with Crippen molar-refractivity contribution >= 4 is 24.4 Å². The highest BCUT2D eigenvalue weighted by Crippen LogP contribution is 2.31. The van der Waals surface area contributed by atoms with Crippen LogP contribution in [0.5, 0.6) is 0 Å².